The monoisotopic (exact) mass is 199 g/mol. The van der Waals surface area contributed by atoms with Gasteiger partial charge in [-0.3, -0.25) is 4.68 Å². The summed E-state index contributed by atoms with van der Waals surface area (Å²) >= 11 is 6.18. The van der Waals surface area contributed by atoms with Crippen molar-refractivity contribution in [3.8, 4) is 0 Å². The molecule has 1 unspecified atom stereocenters. The van der Waals surface area contributed by atoms with E-state index in [9.17, 15) is 0 Å². The van der Waals surface area contributed by atoms with Crippen molar-refractivity contribution < 1.29 is 0 Å². The van der Waals surface area contributed by atoms with Gasteiger partial charge in [0.25, 0.3) is 0 Å². The average Bonchev–Trinajstić information content (AvgIpc) is 2.87. The van der Waals surface area contributed by atoms with E-state index in [2.05, 4.69) is 10.3 Å². The van der Waals surface area contributed by atoms with Gasteiger partial charge in [0.2, 0.25) is 0 Å². The second-order valence-electron chi connectivity index (χ2n) is 3.78. The van der Waals surface area contributed by atoms with Crippen LogP contribution in [-0.4, -0.2) is 20.4 Å². The molecular weight excluding hydrogens is 186 g/mol. The normalized spacial score (nSPS) is 18.9. The van der Waals surface area contributed by atoms with E-state index < -0.39 is 0 Å². The fourth-order valence-corrected chi connectivity index (χ4v) is 1.85. The summed E-state index contributed by atoms with van der Waals surface area (Å²) in [5, 5.41) is 8.25. The van der Waals surface area contributed by atoms with Crippen LogP contribution in [0.4, 0.5) is 0 Å². The Morgan fingerprint density at radius 2 is 2.46 bits per heavy atom. The van der Waals surface area contributed by atoms with Crippen LogP contribution in [0.5, 0.6) is 0 Å². The first-order chi connectivity index (χ1) is 6.25. The van der Waals surface area contributed by atoms with Crippen LogP contribution in [0.25, 0.3) is 0 Å². The van der Waals surface area contributed by atoms with Crippen molar-refractivity contribution >= 4 is 11.6 Å². The summed E-state index contributed by atoms with van der Waals surface area (Å²) < 4.78 is 1.73. The average molecular weight is 200 g/mol. The number of halogens is 1. The molecule has 1 aliphatic carbocycles. The Hall–Kier alpha value is -0.570. The van der Waals surface area contributed by atoms with Gasteiger partial charge in [0.15, 0.2) is 0 Å². The molecule has 0 N–H and O–H groups in total. The van der Waals surface area contributed by atoms with Gasteiger partial charge >= 0.3 is 0 Å². The van der Waals surface area contributed by atoms with Gasteiger partial charge in [0.1, 0.15) is 0 Å². The van der Waals surface area contributed by atoms with Crippen molar-refractivity contribution in [3.05, 3.63) is 11.9 Å². The van der Waals surface area contributed by atoms with E-state index in [1.54, 1.807) is 4.68 Å². The molecule has 4 heteroatoms. The molecule has 1 atom stereocenters. The van der Waals surface area contributed by atoms with Crippen LogP contribution in [0.15, 0.2) is 6.20 Å². The van der Waals surface area contributed by atoms with Gasteiger partial charge in [-0.25, -0.2) is 0 Å². The van der Waals surface area contributed by atoms with Crippen molar-refractivity contribution in [1.82, 2.24) is 15.0 Å². The molecular formula is C9H14ClN3. The lowest BCUT2D eigenvalue weighted by Crippen LogP contribution is -2.03. The Labute approximate surface area is 83.1 Å². The maximum atomic E-state index is 6.18. The zero-order valence-electron chi connectivity index (χ0n) is 7.78. The molecule has 1 heterocycles. The quantitative estimate of drug-likeness (QED) is 0.692. The third-order valence-electron chi connectivity index (χ3n) is 2.46. The van der Waals surface area contributed by atoms with E-state index in [-0.39, 0.29) is 0 Å². The van der Waals surface area contributed by atoms with Gasteiger partial charge in [0, 0.05) is 18.6 Å². The van der Waals surface area contributed by atoms with E-state index in [4.69, 9.17) is 11.6 Å². The highest BCUT2D eigenvalue weighted by molar-refractivity contribution is 6.20. The SMILES string of the molecule is Cn1cc(CCC(Cl)C2CC2)nn1. The zero-order valence-corrected chi connectivity index (χ0v) is 8.54. The van der Waals surface area contributed by atoms with Crippen LogP contribution in [-0.2, 0) is 13.5 Å². The molecule has 1 aliphatic rings. The van der Waals surface area contributed by atoms with Crippen molar-refractivity contribution in [3.63, 3.8) is 0 Å². The van der Waals surface area contributed by atoms with Crippen LogP contribution in [0.1, 0.15) is 25.0 Å². The third-order valence-corrected chi connectivity index (χ3v) is 3.03. The minimum Gasteiger partial charge on any atom is -0.255 e. The maximum Gasteiger partial charge on any atom is 0.0827 e. The predicted octanol–water partition coefficient (Wildman–Crippen LogP) is 1.77. The van der Waals surface area contributed by atoms with Crippen molar-refractivity contribution in [2.75, 3.05) is 0 Å². The largest absolute Gasteiger partial charge is 0.255 e. The standard InChI is InChI=1S/C9H14ClN3/c1-13-6-8(11-12-13)4-5-9(10)7-2-3-7/h6-7,9H,2-5H2,1H3. The summed E-state index contributed by atoms with van der Waals surface area (Å²) in [6, 6.07) is 0. The molecule has 1 saturated carbocycles. The molecule has 72 valence electrons. The van der Waals surface area contributed by atoms with Crippen molar-refractivity contribution in [1.29, 1.82) is 0 Å². The molecule has 0 radical (unpaired) electrons. The van der Waals surface area contributed by atoms with E-state index in [1.807, 2.05) is 13.2 Å². The van der Waals surface area contributed by atoms with Crippen LogP contribution in [0, 0.1) is 5.92 Å². The number of alkyl halides is 1. The summed E-state index contributed by atoms with van der Waals surface area (Å²) in [5.41, 5.74) is 1.05. The highest BCUT2D eigenvalue weighted by atomic mass is 35.5. The Morgan fingerprint density at radius 1 is 1.69 bits per heavy atom. The van der Waals surface area contributed by atoms with E-state index >= 15 is 0 Å². The first-order valence-electron chi connectivity index (χ1n) is 4.75. The topological polar surface area (TPSA) is 30.7 Å². The lowest BCUT2D eigenvalue weighted by Gasteiger charge is -2.04. The molecule has 1 aromatic heterocycles. The minimum absolute atomic E-state index is 0.349. The first kappa shape index (κ1) is 9.00. The van der Waals surface area contributed by atoms with E-state index in [0.29, 0.717) is 5.38 Å². The molecule has 0 aromatic carbocycles. The van der Waals surface area contributed by atoms with Crippen LogP contribution >= 0.6 is 11.6 Å². The number of nitrogens with zero attached hydrogens (tertiary/aromatic N) is 3. The maximum absolute atomic E-state index is 6.18. The summed E-state index contributed by atoms with van der Waals surface area (Å²) in [4.78, 5) is 0. The molecule has 1 aromatic rings. The summed E-state index contributed by atoms with van der Waals surface area (Å²) in [7, 11) is 1.88. The Bertz CT molecular complexity index is 280. The first-order valence-corrected chi connectivity index (χ1v) is 5.18. The zero-order chi connectivity index (χ0) is 9.26. The number of hydrogen-bond acceptors (Lipinski definition) is 2. The molecule has 2 rings (SSSR count). The summed E-state index contributed by atoms with van der Waals surface area (Å²) in [6.07, 6.45) is 6.57. The minimum atomic E-state index is 0.349. The Balaban J connectivity index is 1.78. The Kier molecular flexibility index (Phi) is 2.54. The van der Waals surface area contributed by atoms with E-state index in [0.717, 1.165) is 24.5 Å². The Morgan fingerprint density at radius 3 is 3.00 bits per heavy atom. The number of aryl methyl sites for hydroxylation is 2. The smallest absolute Gasteiger partial charge is 0.0827 e. The molecule has 13 heavy (non-hydrogen) atoms. The fourth-order valence-electron chi connectivity index (χ4n) is 1.49. The lowest BCUT2D eigenvalue weighted by atomic mass is 10.1. The number of hydrogen-bond donors (Lipinski definition) is 0. The molecule has 0 amide bonds. The van der Waals surface area contributed by atoms with Gasteiger partial charge in [-0.05, 0) is 31.6 Å². The molecule has 0 spiro atoms. The molecule has 3 nitrogen and oxygen atoms in total. The summed E-state index contributed by atoms with van der Waals surface area (Å²) in [5.74, 6) is 0.776. The summed E-state index contributed by atoms with van der Waals surface area (Å²) in [6.45, 7) is 0. The molecule has 0 saturated heterocycles. The predicted molar refractivity (Wildman–Crippen MR) is 51.7 cm³/mol. The van der Waals surface area contributed by atoms with Crippen LogP contribution < -0.4 is 0 Å². The van der Waals surface area contributed by atoms with Crippen LogP contribution in [0.2, 0.25) is 0 Å². The fraction of sp³-hybridized carbons (Fsp3) is 0.778. The third kappa shape index (κ3) is 2.44. The highest BCUT2D eigenvalue weighted by Crippen LogP contribution is 2.37. The van der Waals surface area contributed by atoms with Crippen LogP contribution in [0.3, 0.4) is 0 Å². The van der Waals surface area contributed by atoms with Gasteiger partial charge in [-0.1, -0.05) is 5.21 Å². The highest BCUT2D eigenvalue weighted by Gasteiger charge is 2.29. The second kappa shape index (κ2) is 3.66. The van der Waals surface area contributed by atoms with Gasteiger partial charge < -0.3 is 0 Å². The van der Waals surface area contributed by atoms with E-state index in [1.165, 1.54) is 12.8 Å². The molecule has 0 bridgehead atoms. The van der Waals surface area contributed by atoms with Gasteiger partial charge in [-0.2, -0.15) is 0 Å². The van der Waals surface area contributed by atoms with Gasteiger partial charge in [-0.15, -0.1) is 16.7 Å². The number of aromatic nitrogens is 3. The number of rotatable bonds is 4. The molecule has 0 aliphatic heterocycles. The van der Waals surface area contributed by atoms with Gasteiger partial charge in [0.05, 0.1) is 5.69 Å². The second-order valence-corrected chi connectivity index (χ2v) is 4.34. The van der Waals surface area contributed by atoms with Crippen molar-refractivity contribution in [2.24, 2.45) is 13.0 Å². The van der Waals surface area contributed by atoms with Crippen molar-refractivity contribution in [2.45, 2.75) is 31.1 Å². The molecule has 1 fully saturated rings. The lowest BCUT2D eigenvalue weighted by molar-refractivity contribution is 0.666.